The van der Waals surface area contributed by atoms with Gasteiger partial charge in [0.25, 0.3) is 0 Å². The van der Waals surface area contributed by atoms with Crippen LogP contribution in [0.2, 0.25) is 5.02 Å². The fourth-order valence-corrected chi connectivity index (χ4v) is 2.96. The number of anilines is 1. The smallest absolute Gasteiger partial charge is 0.175 e. The maximum Gasteiger partial charge on any atom is 0.175 e. The van der Waals surface area contributed by atoms with Crippen LogP contribution in [0.5, 0.6) is 0 Å². The molecule has 108 valence electrons. The van der Waals surface area contributed by atoms with E-state index in [0.717, 1.165) is 11.1 Å². The van der Waals surface area contributed by atoms with E-state index < -0.39 is 9.84 Å². The van der Waals surface area contributed by atoms with E-state index in [9.17, 15) is 8.42 Å². The van der Waals surface area contributed by atoms with Gasteiger partial charge in [-0.2, -0.15) is 0 Å². The molecule has 0 saturated carbocycles. The van der Waals surface area contributed by atoms with Gasteiger partial charge < -0.3 is 10.7 Å². The van der Waals surface area contributed by atoms with Crippen LogP contribution in [0, 0.1) is 0 Å². The first-order valence-corrected chi connectivity index (χ1v) is 8.37. The standard InChI is InChI=1S/C14H12ClN3O2S/c1-21(19,20)10-4-2-8(3-5-10)14-17-12-7-9(15)6-11(16)13(12)18-14/h2-7H,16H2,1H3,(H,17,18). The molecule has 7 heteroatoms. The number of nitrogen functional groups attached to an aromatic ring is 1. The van der Waals surface area contributed by atoms with Crippen molar-refractivity contribution in [1.29, 1.82) is 0 Å². The van der Waals surface area contributed by atoms with Crippen molar-refractivity contribution in [3.8, 4) is 11.4 Å². The zero-order valence-electron chi connectivity index (χ0n) is 11.1. The average Bonchev–Trinajstić information content (AvgIpc) is 2.82. The van der Waals surface area contributed by atoms with E-state index in [4.69, 9.17) is 17.3 Å². The number of fused-ring (bicyclic) bond motifs is 1. The Kier molecular flexibility index (Phi) is 3.15. The van der Waals surface area contributed by atoms with Gasteiger partial charge in [-0.25, -0.2) is 13.4 Å². The van der Waals surface area contributed by atoms with Crippen LogP contribution in [0.4, 0.5) is 5.69 Å². The molecule has 0 amide bonds. The zero-order valence-corrected chi connectivity index (χ0v) is 12.7. The Balaban J connectivity index is 2.10. The van der Waals surface area contributed by atoms with Crippen LogP contribution < -0.4 is 5.73 Å². The number of aromatic amines is 1. The Morgan fingerprint density at radius 1 is 1.19 bits per heavy atom. The normalized spacial score (nSPS) is 11.9. The lowest BCUT2D eigenvalue weighted by atomic mass is 10.2. The van der Waals surface area contributed by atoms with E-state index in [-0.39, 0.29) is 4.90 Å². The molecule has 0 radical (unpaired) electrons. The van der Waals surface area contributed by atoms with E-state index in [1.54, 1.807) is 36.4 Å². The van der Waals surface area contributed by atoms with Gasteiger partial charge in [-0.15, -0.1) is 0 Å². The Hall–Kier alpha value is -2.05. The summed E-state index contributed by atoms with van der Waals surface area (Å²) >= 11 is 5.96. The minimum Gasteiger partial charge on any atom is -0.397 e. The minimum absolute atomic E-state index is 0.268. The molecule has 0 saturated heterocycles. The highest BCUT2D eigenvalue weighted by atomic mass is 35.5. The number of nitrogens with one attached hydrogen (secondary N) is 1. The number of aromatic nitrogens is 2. The highest BCUT2D eigenvalue weighted by molar-refractivity contribution is 7.90. The van der Waals surface area contributed by atoms with Crippen LogP contribution >= 0.6 is 11.6 Å². The molecule has 3 aromatic rings. The van der Waals surface area contributed by atoms with E-state index in [2.05, 4.69) is 9.97 Å². The molecule has 1 heterocycles. The van der Waals surface area contributed by atoms with E-state index >= 15 is 0 Å². The molecule has 0 aliphatic carbocycles. The molecule has 21 heavy (non-hydrogen) atoms. The quantitative estimate of drug-likeness (QED) is 0.710. The number of benzene rings is 2. The van der Waals surface area contributed by atoms with Gasteiger partial charge in [-0.05, 0) is 36.4 Å². The third kappa shape index (κ3) is 2.59. The summed E-state index contributed by atoms with van der Waals surface area (Å²) in [5.41, 5.74) is 8.53. The SMILES string of the molecule is CS(=O)(=O)c1ccc(-c2nc3c(N)cc(Cl)cc3[nH]2)cc1. The van der Waals surface area contributed by atoms with E-state index in [1.165, 1.54) is 6.26 Å². The predicted octanol–water partition coefficient (Wildman–Crippen LogP) is 2.87. The van der Waals surface area contributed by atoms with Crippen LogP contribution in [-0.4, -0.2) is 24.6 Å². The lowest BCUT2D eigenvalue weighted by molar-refractivity contribution is 0.602. The summed E-state index contributed by atoms with van der Waals surface area (Å²) in [6, 6.07) is 9.88. The molecule has 0 bridgehead atoms. The zero-order chi connectivity index (χ0) is 15.2. The molecule has 0 unspecified atom stereocenters. The summed E-state index contributed by atoms with van der Waals surface area (Å²) in [5.74, 6) is 0.610. The topological polar surface area (TPSA) is 88.8 Å². The summed E-state index contributed by atoms with van der Waals surface area (Å²) in [6.45, 7) is 0. The van der Waals surface area contributed by atoms with Gasteiger partial charge in [0, 0.05) is 16.8 Å². The predicted molar refractivity (Wildman–Crippen MR) is 84.1 cm³/mol. The third-order valence-electron chi connectivity index (χ3n) is 3.14. The highest BCUT2D eigenvalue weighted by Crippen LogP contribution is 2.27. The molecule has 0 fully saturated rings. The van der Waals surface area contributed by atoms with Crippen molar-refractivity contribution < 1.29 is 8.42 Å². The second-order valence-electron chi connectivity index (χ2n) is 4.77. The monoisotopic (exact) mass is 321 g/mol. The molecule has 3 N–H and O–H groups in total. The molecule has 5 nitrogen and oxygen atoms in total. The van der Waals surface area contributed by atoms with E-state index in [1.807, 2.05) is 0 Å². The number of imidazole rings is 1. The summed E-state index contributed by atoms with van der Waals surface area (Å²) in [5, 5.41) is 0.530. The van der Waals surface area contributed by atoms with Crippen molar-refractivity contribution in [3.05, 3.63) is 41.4 Å². The lowest BCUT2D eigenvalue weighted by Crippen LogP contribution is -1.96. The van der Waals surface area contributed by atoms with Crippen LogP contribution in [0.25, 0.3) is 22.4 Å². The van der Waals surface area contributed by atoms with Crippen LogP contribution in [0.1, 0.15) is 0 Å². The molecule has 0 spiro atoms. The third-order valence-corrected chi connectivity index (χ3v) is 4.48. The summed E-state index contributed by atoms with van der Waals surface area (Å²) in [4.78, 5) is 7.82. The van der Waals surface area contributed by atoms with Crippen LogP contribution in [0.15, 0.2) is 41.3 Å². The molecule has 0 atom stereocenters. The van der Waals surface area contributed by atoms with Crippen molar-refractivity contribution in [2.45, 2.75) is 4.90 Å². The van der Waals surface area contributed by atoms with E-state index in [0.29, 0.717) is 22.1 Å². The number of H-pyrrole nitrogens is 1. The number of halogens is 1. The Labute approximate surface area is 126 Å². The van der Waals surface area contributed by atoms with Gasteiger partial charge >= 0.3 is 0 Å². The summed E-state index contributed by atoms with van der Waals surface area (Å²) in [7, 11) is -3.21. The van der Waals surface area contributed by atoms with Gasteiger partial charge in [0.15, 0.2) is 9.84 Å². The summed E-state index contributed by atoms with van der Waals surface area (Å²) in [6.07, 6.45) is 1.17. The van der Waals surface area contributed by atoms with Crippen molar-refractivity contribution in [2.75, 3.05) is 12.0 Å². The van der Waals surface area contributed by atoms with Gasteiger partial charge in [0.1, 0.15) is 11.3 Å². The Morgan fingerprint density at radius 2 is 1.86 bits per heavy atom. The number of rotatable bonds is 2. The molecule has 3 rings (SSSR count). The number of nitrogens with two attached hydrogens (primary N) is 1. The molecule has 2 aromatic carbocycles. The maximum absolute atomic E-state index is 11.4. The number of hydrogen-bond donors (Lipinski definition) is 2. The first-order chi connectivity index (χ1) is 9.84. The fourth-order valence-electron chi connectivity index (χ4n) is 2.10. The molecule has 0 aliphatic heterocycles. The summed E-state index contributed by atoms with van der Waals surface area (Å²) < 4.78 is 22.9. The molecule has 1 aromatic heterocycles. The second-order valence-corrected chi connectivity index (χ2v) is 7.23. The fraction of sp³-hybridized carbons (Fsp3) is 0.0714. The molecular formula is C14H12ClN3O2S. The Morgan fingerprint density at radius 3 is 2.48 bits per heavy atom. The minimum atomic E-state index is -3.21. The number of hydrogen-bond acceptors (Lipinski definition) is 4. The molecule has 0 aliphatic rings. The van der Waals surface area contributed by atoms with Gasteiger partial charge in [0.2, 0.25) is 0 Å². The van der Waals surface area contributed by atoms with Gasteiger partial charge in [0.05, 0.1) is 16.1 Å². The first kappa shape index (κ1) is 13.9. The highest BCUT2D eigenvalue weighted by Gasteiger charge is 2.11. The van der Waals surface area contributed by atoms with Crippen molar-refractivity contribution in [2.24, 2.45) is 0 Å². The van der Waals surface area contributed by atoms with Crippen molar-refractivity contribution >= 4 is 38.2 Å². The second kappa shape index (κ2) is 4.75. The van der Waals surface area contributed by atoms with Crippen LogP contribution in [0.3, 0.4) is 0 Å². The van der Waals surface area contributed by atoms with Crippen LogP contribution in [-0.2, 0) is 9.84 Å². The molecular weight excluding hydrogens is 310 g/mol. The lowest BCUT2D eigenvalue weighted by Gasteiger charge is -2.00. The largest absolute Gasteiger partial charge is 0.397 e. The number of sulfone groups is 1. The van der Waals surface area contributed by atoms with Gasteiger partial charge in [-0.3, -0.25) is 0 Å². The number of nitrogens with zero attached hydrogens (tertiary/aromatic N) is 1. The maximum atomic E-state index is 11.4. The van der Waals surface area contributed by atoms with Gasteiger partial charge in [-0.1, -0.05) is 11.6 Å². The first-order valence-electron chi connectivity index (χ1n) is 6.10. The van der Waals surface area contributed by atoms with Crippen molar-refractivity contribution in [3.63, 3.8) is 0 Å². The average molecular weight is 322 g/mol. The van der Waals surface area contributed by atoms with Crippen molar-refractivity contribution in [1.82, 2.24) is 9.97 Å². The Bertz CT molecular complexity index is 931.